The first kappa shape index (κ1) is 25.0. The number of hydrogen-bond acceptors (Lipinski definition) is 8. The lowest BCUT2D eigenvalue weighted by atomic mass is 9.85. The Morgan fingerprint density at radius 1 is 1.32 bits per heavy atom. The summed E-state index contributed by atoms with van der Waals surface area (Å²) in [6, 6.07) is 6.44. The summed E-state index contributed by atoms with van der Waals surface area (Å²) in [5.41, 5.74) is 8.48. The van der Waals surface area contributed by atoms with Gasteiger partial charge in [0, 0.05) is 54.1 Å². The van der Waals surface area contributed by atoms with Gasteiger partial charge >= 0.3 is 0 Å². The Bertz CT molecular complexity index is 1360. The summed E-state index contributed by atoms with van der Waals surface area (Å²) in [6.45, 7) is 4.21. The number of thiocarbonyl (C=S) groups is 1. The summed E-state index contributed by atoms with van der Waals surface area (Å²) in [4.78, 5) is 36.9. The van der Waals surface area contributed by atoms with Crippen LogP contribution >= 0.6 is 12.2 Å². The van der Waals surface area contributed by atoms with Gasteiger partial charge in [-0.25, -0.2) is 9.97 Å². The maximum absolute atomic E-state index is 13.2. The molecule has 1 aromatic carbocycles. The van der Waals surface area contributed by atoms with E-state index in [1.54, 1.807) is 18.3 Å². The van der Waals surface area contributed by atoms with Crippen LogP contribution in [0, 0.1) is 10.8 Å². The van der Waals surface area contributed by atoms with Crippen molar-refractivity contribution in [3.63, 3.8) is 0 Å². The molecule has 5 rings (SSSR count). The van der Waals surface area contributed by atoms with Gasteiger partial charge in [0.15, 0.2) is 0 Å². The predicted octanol–water partition coefficient (Wildman–Crippen LogP) is 2.47. The average Bonchev–Trinajstić information content (AvgIpc) is 3.31. The van der Waals surface area contributed by atoms with Crippen LogP contribution in [0.2, 0.25) is 0 Å². The number of carbonyl (C=O) groups excluding carboxylic acids is 2. The fourth-order valence-electron chi connectivity index (χ4n) is 4.99. The number of nitrogen functional groups attached to an aromatic ring is 1. The first-order valence-corrected chi connectivity index (χ1v) is 12.7. The van der Waals surface area contributed by atoms with Crippen LogP contribution < -0.4 is 11.1 Å². The number of amides is 2. The topological polar surface area (TPSA) is 139 Å². The van der Waals surface area contributed by atoms with Gasteiger partial charge in [-0.1, -0.05) is 24.4 Å². The minimum absolute atomic E-state index is 0.0445. The van der Waals surface area contributed by atoms with Gasteiger partial charge in [0.25, 0.3) is 5.91 Å². The number of nitrogens with zero attached hydrogens (tertiary/aromatic N) is 4. The summed E-state index contributed by atoms with van der Waals surface area (Å²) in [6.07, 6.45) is 6.38. The molecule has 2 aromatic heterocycles. The molecule has 0 radical (unpaired) electrons. The smallest absolute Gasteiger partial charge is 0.252 e. The summed E-state index contributed by atoms with van der Waals surface area (Å²) in [5.74, 6) is 1.05. The van der Waals surface area contributed by atoms with E-state index < -0.39 is 11.5 Å². The van der Waals surface area contributed by atoms with E-state index in [0.717, 1.165) is 37.0 Å². The molecule has 10 nitrogen and oxygen atoms in total. The van der Waals surface area contributed by atoms with Crippen molar-refractivity contribution >= 4 is 46.9 Å². The molecule has 192 valence electrons. The van der Waals surface area contributed by atoms with Crippen LogP contribution in [0.1, 0.15) is 41.9 Å². The summed E-state index contributed by atoms with van der Waals surface area (Å²) in [7, 11) is 0. The number of aromatic nitrogens is 3. The van der Waals surface area contributed by atoms with Crippen LogP contribution in [0.3, 0.4) is 0 Å². The van der Waals surface area contributed by atoms with E-state index >= 15 is 0 Å². The van der Waals surface area contributed by atoms with Gasteiger partial charge in [-0.05, 0) is 31.9 Å². The second-order valence-corrected chi connectivity index (χ2v) is 10.1. The molecule has 2 atom stereocenters. The molecular weight excluding hydrogens is 490 g/mol. The highest BCUT2D eigenvalue weighted by molar-refractivity contribution is 7.79. The number of carbonyl (C=O) groups is 2. The Kier molecular flexibility index (Phi) is 6.74. The zero-order chi connectivity index (χ0) is 26.2. The molecule has 0 saturated carbocycles. The van der Waals surface area contributed by atoms with Crippen LogP contribution in [-0.2, 0) is 9.53 Å². The molecule has 2 aliphatic heterocycles. The highest BCUT2D eigenvalue weighted by Gasteiger charge is 2.44. The standard InChI is InChI=1S/C26H29N7O3S/c1-26(14-36-15-26)25(35)32-9-2-3-18(12-32)23-31-20(21-22(28)29-8-10-33(21)23)16-4-6-17(7-5-16)24(34)30-19(11-27)13-37/h4-8,10-11,13,18-19,27H,2-3,9,12,14-15H2,1H3,(H2,28,29)(H,30,34)/t18-,19?/m1/s1. The normalized spacial score (nSPS) is 19.6. The van der Waals surface area contributed by atoms with Crippen LogP contribution in [0.4, 0.5) is 5.82 Å². The number of anilines is 1. The number of likely N-dealkylation sites (tertiary alicyclic amines) is 1. The number of piperidine rings is 1. The minimum atomic E-state index is -0.603. The van der Waals surface area contributed by atoms with Crippen molar-refractivity contribution in [2.75, 3.05) is 32.0 Å². The average molecular weight is 520 g/mol. The van der Waals surface area contributed by atoms with Crippen molar-refractivity contribution in [3.05, 3.63) is 48.0 Å². The number of benzene rings is 1. The predicted molar refractivity (Wildman–Crippen MR) is 144 cm³/mol. The highest BCUT2D eigenvalue weighted by Crippen LogP contribution is 2.36. The quantitative estimate of drug-likeness (QED) is 0.322. The minimum Gasteiger partial charge on any atom is -0.382 e. The first-order valence-electron chi connectivity index (χ1n) is 12.2. The second kappa shape index (κ2) is 9.98. The van der Waals surface area contributed by atoms with E-state index in [1.807, 2.05) is 34.6 Å². The zero-order valence-electron chi connectivity index (χ0n) is 20.5. The molecule has 0 aliphatic carbocycles. The Morgan fingerprint density at radius 3 is 2.73 bits per heavy atom. The molecule has 4 heterocycles. The Morgan fingerprint density at radius 2 is 2.08 bits per heavy atom. The number of nitrogens with one attached hydrogen (secondary N) is 2. The number of nitrogens with two attached hydrogens (primary N) is 1. The molecule has 0 bridgehead atoms. The van der Waals surface area contributed by atoms with Crippen molar-refractivity contribution in [1.82, 2.24) is 24.6 Å². The van der Waals surface area contributed by atoms with Crippen LogP contribution in [-0.4, -0.2) is 75.0 Å². The Hall–Kier alpha value is -3.70. The van der Waals surface area contributed by atoms with Gasteiger partial charge < -0.3 is 26.1 Å². The molecule has 3 aromatic rings. The van der Waals surface area contributed by atoms with E-state index in [1.165, 1.54) is 5.37 Å². The van der Waals surface area contributed by atoms with Gasteiger partial charge in [-0.3, -0.25) is 14.0 Å². The third kappa shape index (κ3) is 4.60. The van der Waals surface area contributed by atoms with E-state index in [4.69, 9.17) is 33.1 Å². The van der Waals surface area contributed by atoms with Gasteiger partial charge in [-0.15, -0.1) is 0 Å². The van der Waals surface area contributed by atoms with E-state index in [0.29, 0.717) is 42.4 Å². The van der Waals surface area contributed by atoms with Crippen molar-refractivity contribution < 1.29 is 14.3 Å². The Balaban J connectivity index is 1.45. The monoisotopic (exact) mass is 519 g/mol. The third-order valence-corrected chi connectivity index (χ3v) is 7.38. The lowest BCUT2D eigenvalue weighted by molar-refractivity contribution is -0.169. The van der Waals surface area contributed by atoms with Gasteiger partial charge in [0.1, 0.15) is 22.9 Å². The number of rotatable bonds is 7. The van der Waals surface area contributed by atoms with Gasteiger partial charge in [0.2, 0.25) is 5.91 Å². The number of ether oxygens (including phenoxy) is 1. The van der Waals surface area contributed by atoms with Crippen LogP contribution in [0.5, 0.6) is 0 Å². The third-order valence-electron chi connectivity index (χ3n) is 7.09. The maximum Gasteiger partial charge on any atom is 0.252 e. The van der Waals surface area contributed by atoms with Crippen molar-refractivity contribution in [1.29, 1.82) is 5.41 Å². The molecule has 2 saturated heterocycles. The first-order chi connectivity index (χ1) is 17.8. The molecule has 11 heteroatoms. The number of imidazole rings is 1. The lowest BCUT2D eigenvalue weighted by Crippen LogP contribution is -2.55. The largest absolute Gasteiger partial charge is 0.382 e. The molecule has 2 aliphatic rings. The summed E-state index contributed by atoms with van der Waals surface area (Å²) in [5, 5.41) is 11.3. The van der Waals surface area contributed by atoms with Gasteiger partial charge in [-0.2, -0.15) is 0 Å². The van der Waals surface area contributed by atoms with Crippen LogP contribution in [0.15, 0.2) is 36.7 Å². The van der Waals surface area contributed by atoms with Crippen molar-refractivity contribution in [3.8, 4) is 11.3 Å². The highest BCUT2D eigenvalue weighted by atomic mass is 32.1. The molecule has 4 N–H and O–H groups in total. The van der Waals surface area contributed by atoms with E-state index in [2.05, 4.69) is 10.3 Å². The fourth-order valence-corrected chi connectivity index (χ4v) is 5.14. The summed E-state index contributed by atoms with van der Waals surface area (Å²) >= 11 is 4.84. The SMILES string of the molecule is CC1(C(=O)N2CCC[C@@H](c3nc(-c4ccc(C(=O)NC(C=N)C=S)cc4)c4c(N)nccn34)C2)COC1. The van der Waals surface area contributed by atoms with E-state index in [-0.39, 0.29) is 17.7 Å². The van der Waals surface area contributed by atoms with Crippen molar-refractivity contribution in [2.24, 2.45) is 5.41 Å². The fraction of sp³-hybridized carbons (Fsp3) is 0.385. The van der Waals surface area contributed by atoms with E-state index in [9.17, 15) is 9.59 Å². The van der Waals surface area contributed by atoms with Gasteiger partial charge in [0.05, 0.1) is 24.7 Å². The molecule has 1 unspecified atom stereocenters. The second-order valence-electron chi connectivity index (χ2n) is 9.87. The molecule has 0 spiro atoms. The number of hydrogen-bond donors (Lipinski definition) is 3. The molecular formula is C26H29N7O3S. The maximum atomic E-state index is 13.2. The molecule has 2 amide bonds. The number of fused-ring (bicyclic) bond motifs is 1. The van der Waals surface area contributed by atoms with Crippen LogP contribution in [0.25, 0.3) is 16.8 Å². The Labute approximate surface area is 219 Å². The van der Waals surface area contributed by atoms with Crippen molar-refractivity contribution in [2.45, 2.75) is 31.7 Å². The zero-order valence-corrected chi connectivity index (χ0v) is 21.3. The molecule has 2 fully saturated rings. The lowest BCUT2D eigenvalue weighted by Gasteiger charge is -2.42. The summed E-state index contributed by atoms with van der Waals surface area (Å²) < 4.78 is 7.28. The molecule has 37 heavy (non-hydrogen) atoms.